The van der Waals surface area contributed by atoms with Crippen LogP contribution in [-0.4, -0.2) is 49.1 Å². The Kier molecular flexibility index (Phi) is 5.22. The molecule has 0 bridgehead atoms. The van der Waals surface area contributed by atoms with Crippen LogP contribution in [0.1, 0.15) is 46.0 Å². The predicted octanol–water partition coefficient (Wildman–Crippen LogP) is 1.36. The molecule has 2 N–H and O–H groups in total. The van der Waals surface area contributed by atoms with Gasteiger partial charge in [0.25, 0.3) is 0 Å². The van der Waals surface area contributed by atoms with Gasteiger partial charge in [0.05, 0.1) is 6.04 Å². The molecule has 0 spiro atoms. The first-order valence-corrected chi connectivity index (χ1v) is 7.83. The zero-order chi connectivity index (χ0) is 13.8. The first kappa shape index (κ1) is 14.8. The van der Waals surface area contributed by atoms with Gasteiger partial charge in [-0.3, -0.25) is 9.69 Å². The summed E-state index contributed by atoms with van der Waals surface area (Å²) >= 11 is 0. The molecule has 2 heterocycles. The van der Waals surface area contributed by atoms with Crippen molar-refractivity contribution in [3.05, 3.63) is 0 Å². The van der Waals surface area contributed by atoms with Crippen molar-refractivity contribution >= 4 is 5.91 Å². The van der Waals surface area contributed by atoms with Crippen LogP contribution in [0.5, 0.6) is 0 Å². The van der Waals surface area contributed by atoms with E-state index in [4.69, 9.17) is 0 Å². The van der Waals surface area contributed by atoms with Crippen LogP contribution >= 0.6 is 0 Å². The lowest BCUT2D eigenvalue weighted by molar-refractivity contribution is -0.123. The number of nitrogens with zero attached hydrogens (tertiary/aromatic N) is 1. The van der Waals surface area contributed by atoms with Gasteiger partial charge in [0, 0.05) is 25.7 Å². The molecule has 4 nitrogen and oxygen atoms in total. The first-order valence-electron chi connectivity index (χ1n) is 7.83. The van der Waals surface area contributed by atoms with Crippen molar-refractivity contribution in [2.75, 3.05) is 20.1 Å². The van der Waals surface area contributed by atoms with E-state index in [-0.39, 0.29) is 11.9 Å². The Morgan fingerprint density at radius 1 is 1.26 bits per heavy atom. The largest absolute Gasteiger partial charge is 0.358 e. The number of hydrogen-bond donors (Lipinski definition) is 2. The van der Waals surface area contributed by atoms with Crippen LogP contribution in [0.2, 0.25) is 0 Å². The van der Waals surface area contributed by atoms with E-state index in [1.54, 1.807) is 7.05 Å². The molecule has 110 valence electrons. The highest BCUT2D eigenvalue weighted by Gasteiger charge is 2.37. The van der Waals surface area contributed by atoms with E-state index >= 15 is 0 Å². The van der Waals surface area contributed by atoms with E-state index in [1.165, 1.54) is 38.8 Å². The van der Waals surface area contributed by atoms with Crippen molar-refractivity contribution in [3.8, 4) is 0 Å². The maximum Gasteiger partial charge on any atom is 0.236 e. The normalized spacial score (nSPS) is 29.3. The molecule has 0 aliphatic carbocycles. The molecule has 2 rings (SSSR count). The predicted molar refractivity (Wildman–Crippen MR) is 78.1 cm³/mol. The van der Waals surface area contributed by atoms with Crippen LogP contribution in [0, 0.1) is 5.92 Å². The summed E-state index contributed by atoms with van der Waals surface area (Å²) in [4.78, 5) is 14.6. The molecule has 2 fully saturated rings. The Hall–Kier alpha value is -0.610. The van der Waals surface area contributed by atoms with Gasteiger partial charge in [0.2, 0.25) is 5.91 Å². The van der Waals surface area contributed by atoms with Gasteiger partial charge in [-0.05, 0) is 38.1 Å². The van der Waals surface area contributed by atoms with Crippen molar-refractivity contribution in [2.45, 2.75) is 64.1 Å². The molecule has 0 aromatic carbocycles. The average molecular weight is 267 g/mol. The second kappa shape index (κ2) is 6.71. The van der Waals surface area contributed by atoms with Crippen LogP contribution < -0.4 is 10.6 Å². The summed E-state index contributed by atoms with van der Waals surface area (Å²) in [5.74, 6) is 0.682. The summed E-state index contributed by atoms with van der Waals surface area (Å²) in [7, 11) is 1.74. The molecular weight excluding hydrogens is 238 g/mol. The standard InChI is InChI=1S/C15H29N3O/c1-11(2)10-13(15(19)16-3)17-12-7-9-18-8-5-4-6-14(12)18/h11-14,17H,4-10H2,1-3H3,(H,16,19). The number of nitrogens with one attached hydrogen (secondary N) is 2. The third kappa shape index (κ3) is 3.69. The molecule has 0 saturated carbocycles. The maximum atomic E-state index is 12.0. The minimum Gasteiger partial charge on any atom is -0.358 e. The lowest BCUT2D eigenvalue weighted by atomic mass is 9.96. The summed E-state index contributed by atoms with van der Waals surface area (Å²) in [6, 6.07) is 1.13. The van der Waals surface area contributed by atoms with Gasteiger partial charge in [-0.2, -0.15) is 0 Å². The summed E-state index contributed by atoms with van der Waals surface area (Å²) in [5, 5.41) is 6.44. The smallest absolute Gasteiger partial charge is 0.236 e. The van der Waals surface area contributed by atoms with E-state index in [1.807, 2.05) is 0 Å². The lowest BCUT2D eigenvalue weighted by Gasteiger charge is -2.34. The molecule has 4 heteroatoms. The van der Waals surface area contributed by atoms with Crippen molar-refractivity contribution in [2.24, 2.45) is 5.92 Å². The second-order valence-electron chi connectivity index (χ2n) is 6.46. The lowest BCUT2D eigenvalue weighted by Crippen LogP contribution is -2.53. The number of carbonyl (C=O) groups excluding carboxylic acids is 1. The topological polar surface area (TPSA) is 44.4 Å². The van der Waals surface area contributed by atoms with E-state index in [0.29, 0.717) is 18.0 Å². The molecule has 3 atom stereocenters. The van der Waals surface area contributed by atoms with Crippen molar-refractivity contribution in [1.82, 2.24) is 15.5 Å². The van der Waals surface area contributed by atoms with Gasteiger partial charge >= 0.3 is 0 Å². The van der Waals surface area contributed by atoms with Crippen LogP contribution in [0.3, 0.4) is 0 Å². The molecule has 2 aliphatic heterocycles. The van der Waals surface area contributed by atoms with Crippen LogP contribution in [0.15, 0.2) is 0 Å². The van der Waals surface area contributed by atoms with E-state index in [2.05, 4.69) is 29.4 Å². The highest BCUT2D eigenvalue weighted by Crippen LogP contribution is 2.27. The number of likely N-dealkylation sites (N-methyl/N-ethyl adjacent to an activating group) is 1. The van der Waals surface area contributed by atoms with Crippen molar-refractivity contribution < 1.29 is 4.79 Å². The monoisotopic (exact) mass is 267 g/mol. The molecule has 1 amide bonds. The minimum absolute atomic E-state index is 0.0307. The van der Waals surface area contributed by atoms with E-state index < -0.39 is 0 Å². The molecule has 2 saturated heterocycles. The Labute approximate surface area is 117 Å². The molecule has 0 aromatic rings. The number of carbonyl (C=O) groups is 1. The number of piperidine rings is 1. The third-order valence-electron chi connectivity index (χ3n) is 4.54. The Morgan fingerprint density at radius 2 is 2.05 bits per heavy atom. The minimum atomic E-state index is -0.0307. The molecule has 19 heavy (non-hydrogen) atoms. The molecule has 0 radical (unpaired) electrons. The SMILES string of the molecule is CNC(=O)C(CC(C)C)NC1CCN2CCCCC12. The maximum absolute atomic E-state index is 12.0. The van der Waals surface area contributed by atoms with E-state index in [0.717, 1.165) is 6.42 Å². The second-order valence-corrected chi connectivity index (χ2v) is 6.46. The number of rotatable bonds is 5. The molecule has 2 aliphatic rings. The van der Waals surface area contributed by atoms with Gasteiger partial charge in [0.1, 0.15) is 0 Å². The highest BCUT2D eigenvalue weighted by atomic mass is 16.2. The van der Waals surface area contributed by atoms with Gasteiger partial charge in [-0.25, -0.2) is 0 Å². The molecule has 3 unspecified atom stereocenters. The number of fused-ring (bicyclic) bond motifs is 1. The van der Waals surface area contributed by atoms with Gasteiger partial charge in [0.15, 0.2) is 0 Å². The van der Waals surface area contributed by atoms with Gasteiger partial charge in [-0.15, -0.1) is 0 Å². The zero-order valence-electron chi connectivity index (χ0n) is 12.6. The van der Waals surface area contributed by atoms with Crippen LogP contribution in [-0.2, 0) is 4.79 Å². The summed E-state index contributed by atoms with van der Waals surface area (Å²) in [5.41, 5.74) is 0. The zero-order valence-corrected chi connectivity index (χ0v) is 12.6. The van der Waals surface area contributed by atoms with Crippen LogP contribution in [0.25, 0.3) is 0 Å². The Bertz CT molecular complexity index is 306. The fourth-order valence-corrected chi connectivity index (χ4v) is 3.60. The molecule has 0 aromatic heterocycles. The number of amides is 1. The van der Waals surface area contributed by atoms with Gasteiger partial charge in [-0.1, -0.05) is 20.3 Å². The summed E-state index contributed by atoms with van der Waals surface area (Å²) < 4.78 is 0. The Balaban J connectivity index is 1.94. The first-order chi connectivity index (χ1) is 9.11. The Morgan fingerprint density at radius 3 is 2.74 bits per heavy atom. The third-order valence-corrected chi connectivity index (χ3v) is 4.54. The quantitative estimate of drug-likeness (QED) is 0.790. The average Bonchev–Trinajstić information content (AvgIpc) is 2.80. The van der Waals surface area contributed by atoms with Crippen molar-refractivity contribution in [1.29, 1.82) is 0 Å². The van der Waals surface area contributed by atoms with E-state index in [9.17, 15) is 4.79 Å². The fraction of sp³-hybridized carbons (Fsp3) is 0.933. The summed E-state index contributed by atoms with van der Waals surface area (Å²) in [6.07, 6.45) is 6.08. The van der Waals surface area contributed by atoms with Crippen LogP contribution in [0.4, 0.5) is 0 Å². The summed E-state index contributed by atoms with van der Waals surface area (Å²) in [6.45, 7) is 6.81. The fourth-order valence-electron chi connectivity index (χ4n) is 3.60. The number of hydrogen-bond acceptors (Lipinski definition) is 3. The van der Waals surface area contributed by atoms with Crippen molar-refractivity contribution in [3.63, 3.8) is 0 Å². The van der Waals surface area contributed by atoms with Gasteiger partial charge < -0.3 is 10.6 Å². The highest BCUT2D eigenvalue weighted by molar-refractivity contribution is 5.81. The molecular formula is C15H29N3O.